The van der Waals surface area contributed by atoms with Crippen LogP contribution in [0.2, 0.25) is 0 Å². The Hall–Kier alpha value is -1.81. The number of benzene rings is 1. The zero-order chi connectivity index (χ0) is 15.5. The van der Waals surface area contributed by atoms with Crippen molar-refractivity contribution in [1.82, 2.24) is 5.32 Å². The first-order valence-corrected chi connectivity index (χ1v) is 7.31. The fraction of sp³-hybridized carbons (Fsp3) is 0.471. The van der Waals surface area contributed by atoms with E-state index in [1.807, 2.05) is 24.3 Å². The molecule has 21 heavy (non-hydrogen) atoms. The maximum atomic E-state index is 12.3. The molecule has 0 radical (unpaired) electrons. The summed E-state index contributed by atoms with van der Waals surface area (Å²) in [6.45, 7) is 12.1. The van der Waals surface area contributed by atoms with Crippen molar-refractivity contribution in [2.75, 3.05) is 24.6 Å². The number of nitrogens with zero attached hydrogens (tertiary/aromatic N) is 1. The first-order chi connectivity index (χ1) is 9.87. The highest BCUT2D eigenvalue weighted by Crippen LogP contribution is 2.31. The molecule has 0 saturated carbocycles. The fourth-order valence-electron chi connectivity index (χ4n) is 2.16. The van der Waals surface area contributed by atoms with Crippen molar-refractivity contribution in [2.45, 2.75) is 32.7 Å². The van der Waals surface area contributed by atoms with Crippen LogP contribution in [-0.4, -0.2) is 31.1 Å². The third kappa shape index (κ3) is 4.33. The smallest absolute Gasteiger partial charge is 0.230 e. The first-order valence-electron chi connectivity index (χ1n) is 7.31. The van der Waals surface area contributed by atoms with Gasteiger partial charge < -0.3 is 15.0 Å². The number of hydrogen-bond donors (Lipinski definition) is 1. The highest BCUT2D eigenvalue weighted by atomic mass is 16.5. The van der Waals surface area contributed by atoms with E-state index in [9.17, 15) is 4.79 Å². The number of nitrogens with one attached hydrogen (secondary N) is 1. The minimum atomic E-state index is 0.0345. The van der Waals surface area contributed by atoms with Crippen LogP contribution in [0.25, 0.3) is 0 Å². The third-order valence-electron chi connectivity index (χ3n) is 3.28. The van der Waals surface area contributed by atoms with E-state index in [0.29, 0.717) is 26.1 Å². The van der Waals surface area contributed by atoms with Gasteiger partial charge >= 0.3 is 0 Å². The summed E-state index contributed by atoms with van der Waals surface area (Å²) >= 11 is 0. The van der Waals surface area contributed by atoms with E-state index in [4.69, 9.17) is 4.74 Å². The molecular formula is C17H24N2O2. The Morgan fingerprint density at radius 3 is 2.81 bits per heavy atom. The summed E-state index contributed by atoms with van der Waals surface area (Å²) in [7, 11) is 0. The van der Waals surface area contributed by atoms with Gasteiger partial charge in [-0.2, -0.15) is 0 Å². The molecule has 4 nitrogen and oxygen atoms in total. The summed E-state index contributed by atoms with van der Waals surface area (Å²) in [6.07, 6.45) is 0.397. The van der Waals surface area contributed by atoms with Gasteiger partial charge in [-0.3, -0.25) is 4.79 Å². The predicted molar refractivity (Wildman–Crippen MR) is 85.8 cm³/mol. The predicted octanol–water partition coefficient (Wildman–Crippen LogP) is 2.75. The summed E-state index contributed by atoms with van der Waals surface area (Å²) in [6, 6.07) is 7.66. The van der Waals surface area contributed by atoms with Crippen molar-refractivity contribution in [2.24, 2.45) is 0 Å². The summed E-state index contributed by atoms with van der Waals surface area (Å²) in [5.41, 5.74) is 1.85. The molecule has 1 aromatic carbocycles. The SMILES string of the molecule is C=C(CNC(C)(C)C)CN1C(=O)CCOc2ccccc21. The van der Waals surface area contributed by atoms with Crippen molar-refractivity contribution in [1.29, 1.82) is 0 Å². The van der Waals surface area contributed by atoms with Gasteiger partial charge in [-0.15, -0.1) is 0 Å². The van der Waals surface area contributed by atoms with Gasteiger partial charge in [-0.1, -0.05) is 18.7 Å². The second kappa shape index (κ2) is 6.31. The van der Waals surface area contributed by atoms with Crippen molar-refractivity contribution >= 4 is 11.6 Å². The van der Waals surface area contributed by atoms with E-state index in [-0.39, 0.29) is 11.4 Å². The largest absolute Gasteiger partial charge is 0.491 e. The van der Waals surface area contributed by atoms with Gasteiger partial charge in [-0.25, -0.2) is 0 Å². The highest BCUT2D eigenvalue weighted by molar-refractivity contribution is 5.96. The lowest BCUT2D eigenvalue weighted by Crippen LogP contribution is -2.40. The normalized spacial score (nSPS) is 15.2. The number of rotatable bonds is 4. The number of hydrogen-bond acceptors (Lipinski definition) is 3. The lowest BCUT2D eigenvalue weighted by atomic mass is 10.1. The Morgan fingerprint density at radius 2 is 2.10 bits per heavy atom. The van der Waals surface area contributed by atoms with E-state index >= 15 is 0 Å². The average molecular weight is 288 g/mol. The molecule has 1 aliphatic rings. The van der Waals surface area contributed by atoms with Crippen LogP contribution in [0.15, 0.2) is 36.4 Å². The topological polar surface area (TPSA) is 41.6 Å². The minimum Gasteiger partial charge on any atom is -0.491 e. The number of para-hydroxylation sites is 2. The highest BCUT2D eigenvalue weighted by Gasteiger charge is 2.23. The van der Waals surface area contributed by atoms with E-state index in [0.717, 1.165) is 17.0 Å². The number of fused-ring (bicyclic) bond motifs is 1. The number of carbonyl (C=O) groups excluding carboxylic acids is 1. The zero-order valence-corrected chi connectivity index (χ0v) is 13.1. The van der Waals surface area contributed by atoms with Gasteiger partial charge in [0.1, 0.15) is 5.75 Å². The van der Waals surface area contributed by atoms with Gasteiger partial charge in [0.2, 0.25) is 5.91 Å². The fourth-order valence-corrected chi connectivity index (χ4v) is 2.16. The van der Waals surface area contributed by atoms with Gasteiger partial charge in [0.05, 0.1) is 18.7 Å². The molecule has 0 unspecified atom stereocenters. The molecule has 0 aliphatic carbocycles. The standard InChI is InChI=1S/C17H24N2O2/c1-13(11-18-17(2,3)4)12-19-14-7-5-6-8-15(14)21-10-9-16(19)20/h5-8,18H,1,9-12H2,2-4H3. The maximum Gasteiger partial charge on any atom is 0.230 e. The second-order valence-electron chi connectivity index (χ2n) is 6.40. The second-order valence-corrected chi connectivity index (χ2v) is 6.40. The molecular weight excluding hydrogens is 264 g/mol. The molecule has 0 spiro atoms. The van der Waals surface area contributed by atoms with Crippen molar-refractivity contribution in [3.05, 3.63) is 36.4 Å². The molecule has 1 aromatic rings. The van der Waals surface area contributed by atoms with Crippen LogP contribution in [0.1, 0.15) is 27.2 Å². The summed E-state index contributed by atoms with van der Waals surface area (Å²) in [5.74, 6) is 0.844. The number of amides is 1. The molecule has 1 aliphatic heterocycles. The lowest BCUT2D eigenvalue weighted by Gasteiger charge is -2.25. The monoisotopic (exact) mass is 288 g/mol. The van der Waals surface area contributed by atoms with Crippen LogP contribution < -0.4 is 15.0 Å². The van der Waals surface area contributed by atoms with E-state index in [2.05, 4.69) is 32.7 Å². The lowest BCUT2D eigenvalue weighted by molar-refractivity contribution is -0.118. The summed E-state index contributed by atoms with van der Waals surface area (Å²) in [4.78, 5) is 14.1. The summed E-state index contributed by atoms with van der Waals surface area (Å²) < 4.78 is 5.64. The van der Waals surface area contributed by atoms with Crippen LogP contribution in [-0.2, 0) is 4.79 Å². The molecule has 0 saturated heterocycles. The van der Waals surface area contributed by atoms with Crippen LogP contribution in [0.5, 0.6) is 5.75 Å². The minimum absolute atomic E-state index is 0.0345. The van der Waals surface area contributed by atoms with Crippen molar-refractivity contribution in [3.8, 4) is 5.75 Å². The van der Waals surface area contributed by atoms with E-state index in [1.165, 1.54) is 0 Å². The van der Waals surface area contributed by atoms with Gasteiger partial charge in [0.25, 0.3) is 0 Å². The molecule has 2 rings (SSSR count). The molecule has 114 valence electrons. The van der Waals surface area contributed by atoms with Crippen LogP contribution in [0.4, 0.5) is 5.69 Å². The average Bonchev–Trinajstić information content (AvgIpc) is 2.56. The molecule has 1 amide bonds. The van der Waals surface area contributed by atoms with Gasteiger partial charge in [-0.05, 0) is 38.5 Å². The Bertz CT molecular complexity index is 532. The Labute approximate surface area is 126 Å². The molecule has 0 atom stereocenters. The molecule has 0 fully saturated rings. The zero-order valence-electron chi connectivity index (χ0n) is 13.1. The molecule has 1 N–H and O–H groups in total. The number of carbonyl (C=O) groups is 1. The molecule has 1 heterocycles. The number of anilines is 1. The quantitative estimate of drug-likeness (QED) is 0.866. The van der Waals surface area contributed by atoms with Crippen LogP contribution >= 0.6 is 0 Å². The molecule has 4 heteroatoms. The molecule has 0 bridgehead atoms. The Balaban J connectivity index is 2.10. The van der Waals surface area contributed by atoms with E-state index in [1.54, 1.807) is 4.90 Å². The Morgan fingerprint density at radius 1 is 1.38 bits per heavy atom. The third-order valence-corrected chi connectivity index (χ3v) is 3.28. The van der Waals surface area contributed by atoms with E-state index < -0.39 is 0 Å². The van der Waals surface area contributed by atoms with Crippen LogP contribution in [0.3, 0.4) is 0 Å². The van der Waals surface area contributed by atoms with Crippen molar-refractivity contribution < 1.29 is 9.53 Å². The number of ether oxygens (including phenoxy) is 1. The molecule has 0 aromatic heterocycles. The maximum absolute atomic E-state index is 12.3. The summed E-state index contributed by atoms with van der Waals surface area (Å²) in [5, 5.41) is 3.40. The van der Waals surface area contributed by atoms with Crippen molar-refractivity contribution in [3.63, 3.8) is 0 Å². The first kappa shape index (κ1) is 15.6. The Kier molecular flexibility index (Phi) is 4.68. The van der Waals surface area contributed by atoms with Gasteiger partial charge in [0.15, 0.2) is 0 Å². The van der Waals surface area contributed by atoms with Gasteiger partial charge in [0, 0.05) is 18.6 Å². The van der Waals surface area contributed by atoms with Crippen LogP contribution in [0, 0.1) is 0 Å².